The van der Waals surface area contributed by atoms with E-state index >= 15 is 0 Å². The van der Waals surface area contributed by atoms with E-state index in [1.165, 1.54) is 18.2 Å². The van der Waals surface area contributed by atoms with Crippen LogP contribution in [0.25, 0.3) is 0 Å². The van der Waals surface area contributed by atoms with Crippen molar-refractivity contribution >= 4 is 23.2 Å². The van der Waals surface area contributed by atoms with Gasteiger partial charge in [-0.05, 0) is 32.0 Å². The summed E-state index contributed by atoms with van der Waals surface area (Å²) in [4.78, 5) is 14.1. The van der Waals surface area contributed by atoms with E-state index in [1.54, 1.807) is 0 Å². The molecule has 1 fully saturated rings. The van der Waals surface area contributed by atoms with Gasteiger partial charge in [0.25, 0.3) is 0 Å². The zero-order valence-electron chi connectivity index (χ0n) is 11.6. The van der Waals surface area contributed by atoms with Gasteiger partial charge in [0.15, 0.2) is 0 Å². The number of benzene rings is 1. The number of carbonyl (C=O) groups excluding carboxylic acids is 1. The maximum absolute atomic E-state index is 13.0. The van der Waals surface area contributed by atoms with Crippen LogP contribution >= 0.6 is 11.6 Å². The second-order valence-electron chi connectivity index (χ2n) is 5.46. The fourth-order valence-corrected chi connectivity index (χ4v) is 2.31. The van der Waals surface area contributed by atoms with Crippen molar-refractivity contribution < 1.29 is 13.9 Å². The standard InChI is InChI=1S/C14H18ClFN2O2/c1-14(2)9-20-6-5-18(14)8-13(19)17-10-3-4-12(16)11(15)7-10/h3-4,7H,5-6,8-9H2,1-2H3,(H,17,19). The first-order valence-corrected chi connectivity index (χ1v) is 6.84. The lowest BCUT2D eigenvalue weighted by Crippen LogP contribution is -2.55. The lowest BCUT2D eigenvalue weighted by molar-refractivity contribution is -0.122. The molecule has 4 nitrogen and oxygen atoms in total. The van der Waals surface area contributed by atoms with Crippen LogP contribution in [-0.2, 0) is 9.53 Å². The van der Waals surface area contributed by atoms with Crippen molar-refractivity contribution in [2.24, 2.45) is 0 Å². The Labute approximate surface area is 122 Å². The predicted molar refractivity (Wildman–Crippen MR) is 76.5 cm³/mol. The van der Waals surface area contributed by atoms with E-state index in [2.05, 4.69) is 10.2 Å². The summed E-state index contributed by atoms with van der Waals surface area (Å²) < 4.78 is 18.5. The van der Waals surface area contributed by atoms with E-state index in [0.29, 0.717) is 25.4 Å². The average molecular weight is 301 g/mol. The Morgan fingerprint density at radius 1 is 1.55 bits per heavy atom. The second-order valence-corrected chi connectivity index (χ2v) is 5.87. The maximum atomic E-state index is 13.0. The molecule has 1 aliphatic heterocycles. The minimum absolute atomic E-state index is 0.00509. The summed E-state index contributed by atoms with van der Waals surface area (Å²) >= 11 is 5.68. The monoisotopic (exact) mass is 300 g/mol. The summed E-state index contributed by atoms with van der Waals surface area (Å²) in [6, 6.07) is 4.12. The summed E-state index contributed by atoms with van der Waals surface area (Å²) in [6.45, 7) is 6.28. The Kier molecular flexibility index (Phi) is 4.62. The number of hydrogen-bond acceptors (Lipinski definition) is 3. The Morgan fingerprint density at radius 2 is 2.30 bits per heavy atom. The quantitative estimate of drug-likeness (QED) is 0.932. The van der Waals surface area contributed by atoms with E-state index in [0.717, 1.165) is 0 Å². The van der Waals surface area contributed by atoms with Crippen LogP contribution in [0, 0.1) is 5.82 Å². The van der Waals surface area contributed by atoms with E-state index in [1.807, 2.05) is 13.8 Å². The van der Waals surface area contributed by atoms with Crippen molar-refractivity contribution in [1.82, 2.24) is 4.90 Å². The van der Waals surface area contributed by atoms with Crippen LogP contribution in [0.3, 0.4) is 0 Å². The van der Waals surface area contributed by atoms with E-state index in [4.69, 9.17) is 16.3 Å². The van der Waals surface area contributed by atoms with Gasteiger partial charge >= 0.3 is 0 Å². The molecule has 1 aromatic rings. The molecule has 0 spiro atoms. The topological polar surface area (TPSA) is 41.6 Å². The molecular weight excluding hydrogens is 283 g/mol. The molecule has 1 aromatic carbocycles. The number of nitrogens with zero attached hydrogens (tertiary/aromatic N) is 1. The number of amides is 1. The SMILES string of the molecule is CC1(C)COCCN1CC(=O)Nc1ccc(F)c(Cl)c1. The third kappa shape index (κ3) is 3.69. The van der Waals surface area contributed by atoms with Crippen molar-refractivity contribution in [2.75, 3.05) is 31.6 Å². The Hall–Kier alpha value is -1.17. The van der Waals surface area contributed by atoms with Gasteiger partial charge in [0.1, 0.15) is 5.82 Å². The lowest BCUT2D eigenvalue weighted by atomic mass is 10.0. The molecule has 1 amide bonds. The molecule has 110 valence electrons. The summed E-state index contributed by atoms with van der Waals surface area (Å²) in [5, 5.41) is 2.72. The molecule has 0 aliphatic carbocycles. The van der Waals surface area contributed by atoms with Crippen LogP contribution in [0.1, 0.15) is 13.8 Å². The highest BCUT2D eigenvalue weighted by Gasteiger charge is 2.31. The molecule has 0 radical (unpaired) electrons. The number of nitrogens with one attached hydrogen (secondary N) is 1. The Balaban J connectivity index is 1.96. The van der Waals surface area contributed by atoms with Crippen molar-refractivity contribution in [2.45, 2.75) is 19.4 Å². The van der Waals surface area contributed by atoms with Crippen LogP contribution < -0.4 is 5.32 Å². The highest BCUT2D eigenvalue weighted by Crippen LogP contribution is 2.21. The third-order valence-corrected chi connectivity index (χ3v) is 3.64. The van der Waals surface area contributed by atoms with Gasteiger partial charge in [-0.3, -0.25) is 9.69 Å². The molecule has 0 saturated carbocycles. The fraction of sp³-hybridized carbons (Fsp3) is 0.500. The minimum atomic E-state index is -0.501. The highest BCUT2D eigenvalue weighted by molar-refractivity contribution is 6.31. The summed E-state index contributed by atoms with van der Waals surface area (Å²) in [5.41, 5.74) is 0.322. The number of ether oxygens (including phenoxy) is 1. The number of morpholine rings is 1. The van der Waals surface area contributed by atoms with Crippen LogP contribution in [0.5, 0.6) is 0 Å². The van der Waals surface area contributed by atoms with Crippen LogP contribution in [0.15, 0.2) is 18.2 Å². The molecule has 1 saturated heterocycles. The molecular formula is C14H18ClFN2O2. The second kappa shape index (κ2) is 6.08. The van der Waals surface area contributed by atoms with Crippen LogP contribution in [0.4, 0.5) is 10.1 Å². The highest BCUT2D eigenvalue weighted by atomic mass is 35.5. The summed E-state index contributed by atoms with van der Waals surface area (Å²) in [5.74, 6) is -0.651. The third-order valence-electron chi connectivity index (χ3n) is 3.35. The Morgan fingerprint density at radius 3 is 2.95 bits per heavy atom. The van der Waals surface area contributed by atoms with Gasteiger partial charge < -0.3 is 10.1 Å². The molecule has 1 aliphatic rings. The normalized spacial score (nSPS) is 18.8. The van der Waals surface area contributed by atoms with Gasteiger partial charge in [-0.2, -0.15) is 0 Å². The van der Waals surface area contributed by atoms with E-state index in [-0.39, 0.29) is 23.0 Å². The molecule has 0 unspecified atom stereocenters. The van der Waals surface area contributed by atoms with Crippen LogP contribution in [0.2, 0.25) is 5.02 Å². The molecule has 0 aromatic heterocycles. The molecule has 1 N–H and O–H groups in total. The van der Waals surface area contributed by atoms with Gasteiger partial charge in [-0.25, -0.2) is 4.39 Å². The lowest BCUT2D eigenvalue weighted by Gasteiger charge is -2.41. The zero-order chi connectivity index (χ0) is 14.8. The minimum Gasteiger partial charge on any atom is -0.378 e. The number of carbonyl (C=O) groups is 1. The molecule has 2 rings (SSSR count). The molecule has 0 bridgehead atoms. The molecule has 1 heterocycles. The largest absolute Gasteiger partial charge is 0.378 e. The number of anilines is 1. The van der Waals surface area contributed by atoms with Gasteiger partial charge in [-0.15, -0.1) is 0 Å². The number of halogens is 2. The predicted octanol–water partition coefficient (Wildman–Crippen LogP) is 2.53. The van der Waals surface area contributed by atoms with Crippen molar-refractivity contribution in [3.05, 3.63) is 29.0 Å². The fourth-order valence-electron chi connectivity index (χ4n) is 2.13. The van der Waals surface area contributed by atoms with Crippen molar-refractivity contribution in [3.8, 4) is 0 Å². The van der Waals surface area contributed by atoms with Gasteiger partial charge in [0.2, 0.25) is 5.91 Å². The van der Waals surface area contributed by atoms with E-state index in [9.17, 15) is 9.18 Å². The first kappa shape index (κ1) is 15.2. The van der Waals surface area contributed by atoms with Gasteiger partial charge in [-0.1, -0.05) is 11.6 Å². The Bertz CT molecular complexity index is 508. The van der Waals surface area contributed by atoms with Crippen molar-refractivity contribution in [1.29, 1.82) is 0 Å². The van der Waals surface area contributed by atoms with Crippen LogP contribution in [-0.4, -0.2) is 42.6 Å². The van der Waals surface area contributed by atoms with Crippen molar-refractivity contribution in [3.63, 3.8) is 0 Å². The first-order chi connectivity index (χ1) is 9.38. The summed E-state index contributed by atoms with van der Waals surface area (Å²) in [6.07, 6.45) is 0. The molecule has 6 heteroatoms. The number of hydrogen-bond donors (Lipinski definition) is 1. The molecule has 20 heavy (non-hydrogen) atoms. The first-order valence-electron chi connectivity index (χ1n) is 6.46. The van der Waals surface area contributed by atoms with Gasteiger partial charge in [0, 0.05) is 17.8 Å². The molecule has 0 atom stereocenters. The average Bonchev–Trinajstić information content (AvgIpc) is 2.36. The number of rotatable bonds is 3. The smallest absolute Gasteiger partial charge is 0.238 e. The zero-order valence-corrected chi connectivity index (χ0v) is 12.3. The van der Waals surface area contributed by atoms with E-state index < -0.39 is 5.82 Å². The summed E-state index contributed by atoms with van der Waals surface area (Å²) in [7, 11) is 0. The van der Waals surface area contributed by atoms with Gasteiger partial charge in [0.05, 0.1) is 24.8 Å². The maximum Gasteiger partial charge on any atom is 0.238 e.